The molecular formula is C27H36N2O3S. The highest BCUT2D eigenvalue weighted by molar-refractivity contribution is 7.10. The molecule has 0 saturated heterocycles. The summed E-state index contributed by atoms with van der Waals surface area (Å²) in [7, 11) is 0. The van der Waals surface area contributed by atoms with Crippen LogP contribution in [0.1, 0.15) is 68.5 Å². The Morgan fingerprint density at radius 3 is 2.48 bits per heavy atom. The molecule has 2 heterocycles. The summed E-state index contributed by atoms with van der Waals surface area (Å²) in [6.07, 6.45) is 4.94. The molecule has 1 unspecified atom stereocenters. The molecule has 1 aromatic heterocycles. The zero-order chi connectivity index (χ0) is 23.6. The Morgan fingerprint density at radius 1 is 1.12 bits per heavy atom. The first-order valence-electron chi connectivity index (χ1n) is 12.1. The van der Waals surface area contributed by atoms with Gasteiger partial charge in [-0.3, -0.25) is 9.59 Å². The molecule has 33 heavy (non-hydrogen) atoms. The predicted octanol–water partition coefficient (Wildman–Crippen LogP) is 5.38. The number of rotatable bonds is 6. The maximum atomic E-state index is 13.7. The highest BCUT2D eigenvalue weighted by atomic mass is 32.1. The van der Waals surface area contributed by atoms with E-state index in [2.05, 4.69) is 18.4 Å². The monoisotopic (exact) mass is 468 g/mol. The maximum Gasteiger partial charge on any atom is 0.242 e. The lowest BCUT2D eigenvalue weighted by Gasteiger charge is -2.41. The Kier molecular flexibility index (Phi) is 7.13. The number of hydrogen-bond acceptors (Lipinski definition) is 4. The van der Waals surface area contributed by atoms with Gasteiger partial charge in [0.25, 0.3) is 0 Å². The highest BCUT2D eigenvalue weighted by Crippen LogP contribution is 2.35. The fraction of sp³-hybridized carbons (Fsp3) is 0.556. The van der Waals surface area contributed by atoms with Crippen molar-refractivity contribution in [3.63, 3.8) is 0 Å². The molecule has 1 aliphatic carbocycles. The van der Waals surface area contributed by atoms with Gasteiger partial charge in [0.05, 0.1) is 6.04 Å². The van der Waals surface area contributed by atoms with Crippen molar-refractivity contribution in [2.45, 2.75) is 71.4 Å². The number of benzene rings is 1. The van der Waals surface area contributed by atoms with Crippen molar-refractivity contribution in [3.8, 4) is 5.75 Å². The number of ether oxygens (including phenoxy) is 1. The molecule has 178 valence electrons. The van der Waals surface area contributed by atoms with Gasteiger partial charge >= 0.3 is 0 Å². The minimum Gasteiger partial charge on any atom is -0.491 e. The van der Waals surface area contributed by atoms with Crippen molar-refractivity contribution in [1.82, 2.24) is 9.80 Å². The normalized spacial score (nSPS) is 18.8. The third kappa shape index (κ3) is 5.43. The zero-order valence-corrected chi connectivity index (χ0v) is 21.1. The second-order valence-electron chi connectivity index (χ2n) is 10.4. The summed E-state index contributed by atoms with van der Waals surface area (Å²) in [6, 6.07) is 9.99. The zero-order valence-electron chi connectivity index (χ0n) is 20.3. The number of hydrogen-bond donors (Lipinski definition) is 0. The van der Waals surface area contributed by atoms with E-state index in [-0.39, 0.29) is 30.3 Å². The Bertz CT molecular complexity index is 970. The number of aryl methyl sites for hydroxylation is 1. The standard InChI is InChI=1S/C27H36N2O3S/c1-19-9-11-21(12-10-19)32-18-23-22-14-16-33-24(22)13-15-28(23)25(30)17-29(27(2,3)4)26(31)20-7-5-6-8-20/h9-12,14,16,20,23H,5-8,13,15,17-18H2,1-4H3. The van der Waals surface area contributed by atoms with Crippen LogP contribution in [0.5, 0.6) is 5.75 Å². The molecule has 1 aliphatic heterocycles. The van der Waals surface area contributed by atoms with Crippen LogP contribution < -0.4 is 4.74 Å². The summed E-state index contributed by atoms with van der Waals surface area (Å²) >= 11 is 1.75. The fourth-order valence-electron chi connectivity index (χ4n) is 4.95. The minimum absolute atomic E-state index is 0.00521. The molecule has 2 amide bonds. The summed E-state index contributed by atoms with van der Waals surface area (Å²) in [5.41, 5.74) is 1.97. The highest BCUT2D eigenvalue weighted by Gasteiger charge is 2.38. The molecule has 1 atom stereocenters. The second kappa shape index (κ2) is 9.88. The summed E-state index contributed by atoms with van der Waals surface area (Å²) in [4.78, 5) is 32.0. The first kappa shape index (κ1) is 23.8. The molecule has 2 aromatic rings. The number of amides is 2. The Hall–Kier alpha value is -2.34. The second-order valence-corrected chi connectivity index (χ2v) is 11.4. The van der Waals surface area contributed by atoms with Gasteiger partial charge in [-0.15, -0.1) is 11.3 Å². The third-order valence-corrected chi connectivity index (χ3v) is 7.91. The molecule has 0 radical (unpaired) electrons. The average molecular weight is 469 g/mol. The van der Waals surface area contributed by atoms with Gasteiger partial charge in [0.15, 0.2) is 0 Å². The van der Waals surface area contributed by atoms with Crippen molar-refractivity contribution in [2.24, 2.45) is 5.92 Å². The molecule has 5 nitrogen and oxygen atoms in total. The van der Waals surface area contributed by atoms with Gasteiger partial charge < -0.3 is 14.5 Å². The first-order chi connectivity index (χ1) is 15.7. The number of thiophene rings is 1. The quantitative estimate of drug-likeness (QED) is 0.572. The molecular weight excluding hydrogens is 432 g/mol. The van der Waals surface area contributed by atoms with Gasteiger partial charge in [0.2, 0.25) is 11.8 Å². The minimum atomic E-state index is -0.396. The number of fused-ring (bicyclic) bond motifs is 1. The van der Waals surface area contributed by atoms with Crippen LogP contribution in [0.15, 0.2) is 35.7 Å². The first-order valence-corrected chi connectivity index (χ1v) is 13.0. The topological polar surface area (TPSA) is 49.9 Å². The lowest BCUT2D eigenvalue weighted by atomic mass is 9.98. The number of carbonyl (C=O) groups is 2. The van der Waals surface area contributed by atoms with E-state index in [4.69, 9.17) is 4.74 Å². The van der Waals surface area contributed by atoms with Crippen LogP contribution in [0.2, 0.25) is 0 Å². The van der Waals surface area contributed by atoms with Gasteiger partial charge in [-0.05, 0) is 76.1 Å². The van der Waals surface area contributed by atoms with E-state index in [1.54, 1.807) is 11.3 Å². The van der Waals surface area contributed by atoms with E-state index >= 15 is 0 Å². The van der Waals surface area contributed by atoms with Gasteiger partial charge in [0.1, 0.15) is 18.9 Å². The van der Waals surface area contributed by atoms with E-state index in [1.165, 1.54) is 16.0 Å². The van der Waals surface area contributed by atoms with Crippen LogP contribution in [-0.2, 0) is 16.0 Å². The molecule has 4 rings (SSSR count). The van der Waals surface area contributed by atoms with Crippen molar-refractivity contribution in [3.05, 3.63) is 51.7 Å². The summed E-state index contributed by atoms with van der Waals surface area (Å²) in [5, 5.41) is 2.10. The van der Waals surface area contributed by atoms with Crippen LogP contribution in [0, 0.1) is 12.8 Å². The van der Waals surface area contributed by atoms with Crippen LogP contribution in [0.4, 0.5) is 0 Å². The van der Waals surface area contributed by atoms with Gasteiger partial charge in [-0.1, -0.05) is 30.5 Å². The van der Waals surface area contributed by atoms with Crippen molar-refractivity contribution in [1.29, 1.82) is 0 Å². The molecule has 1 saturated carbocycles. The number of carbonyl (C=O) groups excluding carboxylic acids is 2. The molecule has 0 bridgehead atoms. The van der Waals surface area contributed by atoms with Crippen LogP contribution in [0.25, 0.3) is 0 Å². The van der Waals surface area contributed by atoms with Crippen LogP contribution in [-0.4, -0.2) is 46.8 Å². The van der Waals surface area contributed by atoms with Gasteiger partial charge in [0, 0.05) is 22.9 Å². The third-order valence-electron chi connectivity index (χ3n) is 6.92. The van der Waals surface area contributed by atoms with E-state index in [1.807, 2.05) is 54.8 Å². The maximum absolute atomic E-state index is 13.7. The van der Waals surface area contributed by atoms with Crippen LogP contribution >= 0.6 is 11.3 Å². The van der Waals surface area contributed by atoms with Crippen molar-refractivity contribution >= 4 is 23.2 Å². The fourth-order valence-corrected chi connectivity index (χ4v) is 5.88. The van der Waals surface area contributed by atoms with Gasteiger partial charge in [-0.25, -0.2) is 0 Å². The molecule has 6 heteroatoms. The van der Waals surface area contributed by atoms with Gasteiger partial charge in [-0.2, -0.15) is 0 Å². The molecule has 1 aromatic carbocycles. The molecule has 0 spiro atoms. The summed E-state index contributed by atoms with van der Waals surface area (Å²) < 4.78 is 6.14. The SMILES string of the molecule is Cc1ccc(OCC2c3ccsc3CCN2C(=O)CN(C(=O)C2CCCC2)C(C)(C)C)cc1. The lowest BCUT2D eigenvalue weighted by Crippen LogP contribution is -2.54. The summed E-state index contributed by atoms with van der Waals surface area (Å²) in [5.74, 6) is 1.00. The molecule has 2 aliphatic rings. The Morgan fingerprint density at radius 2 is 1.82 bits per heavy atom. The Labute approximate surface area is 201 Å². The average Bonchev–Trinajstić information content (AvgIpc) is 3.47. The Balaban J connectivity index is 1.52. The van der Waals surface area contributed by atoms with E-state index in [9.17, 15) is 9.59 Å². The van der Waals surface area contributed by atoms with Crippen LogP contribution in [0.3, 0.4) is 0 Å². The van der Waals surface area contributed by atoms with E-state index < -0.39 is 5.54 Å². The molecule has 1 fully saturated rings. The molecule has 0 N–H and O–H groups in total. The lowest BCUT2D eigenvalue weighted by molar-refractivity contribution is -0.149. The largest absolute Gasteiger partial charge is 0.491 e. The smallest absolute Gasteiger partial charge is 0.242 e. The number of nitrogens with zero attached hydrogens (tertiary/aromatic N) is 2. The van der Waals surface area contributed by atoms with E-state index in [0.29, 0.717) is 13.2 Å². The summed E-state index contributed by atoms with van der Waals surface area (Å²) in [6.45, 7) is 9.32. The van der Waals surface area contributed by atoms with Crippen molar-refractivity contribution in [2.75, 3.05) is 19.7 Å². The van der Waals surface area contributed by atoms with E-state index in [0.717, 1.165) is 37.9 Å². The van der Waals surface area contributed by atoms with Crippen molar-refractivity contribution < 1.29 is 14.3 Å². The predicted molar refractivity (Wildman–Crippen MR) is 133 cm³/mol.